The van der Waals surface area contributed by atoms with Gasteiger partial charge in [-0.05, 0) is 167 Å². The van der Waals surface area contributed by atoms with Gasteiger partial charge in [0.05, 0.1) is 26.4 Å². The highest BCUT2D eigenvalue weighted by molar-refractivity contribution is 7.47. The van der Waals surface area contributed by atoms with Gasteiger partial charge in [-0.2, -0.15) is 0 Å². The van der Waals surface area contributed by atoms with E-state index < -0.39 is 97.5 Å². The first-order valence-electron chi connectivity index (χ1n) is 39.4. The molecule has 0 aromatic heterocycles. The molecular formula is C85H138O17P2. The lowest BCUT2D eigenvalue weighted by atomic mass is 10.1. The Labute approximate surface area is 629 Å². The zero-order chi connectivity index (χ0) is 76.0. The molecule has 0 amide bonds. The van der Waals surface area contributed by atoms with Gasteiger partial charge in [-0.3, -0.25) is 37.3 Å². The number of unbranched alkanes of at least 4 members (excludes halogenated alkanes) is 18. The van der Waals surface area contributed by atoms with Gasteiger partial charge in [0.1, 0.15) is 19.3 Å². The maximum atomic E-state index is 13.1. The van der Waals surface area contributed by atoms with E-state index in [2.05, 4.69) is 198 Å². The largest absolute Gasteiger partial charge is 0.472 e. The Morgan fingerprint density at radius 3 is 0.721 bits per heavy atom. The molecule has 17 nitrogen and oxygen atoms in total. The SMILES string of the molecule is CC/C=C\C/C=C\C/C=C\C/C=C\CCCCCCC(=O)OCC(COP(=O)(O)OCC(O)COP(=O)(O)OCC(COC(=O)CCCCCCC/C=C\C/C=C\C/C=C\CC)OC(=O)CCCCCCC/C=C\C/C=C\C/C=C\CC)OC(=O)CCCCCC/C=C\C/C=C\C/C=C\C/C=C\CC. The van der Waals surface area contributed by atoms with Crippen molar-refractivity contribution in [2.75, 3.05) is 39.6 Å². The fraction of sp³-hybridized carbons (Fsp3) is 0.624. The summed E-state index contributed by atoms with van der Waals surface area (Å²) >= 11 is 0. The Bertz CT molecular complexity index is 2640. The lowest BCUT2D eigenvalue weighted by Gasteiger charge is -2.21. The van der Waals surface area contributed by atoms with Crippen LogP contribution in [0.25, 0.3) is 0 Å². The number of carbonyl (C=O) groups excluding carboxylic acids is 4. The van der Waals surface area contributed by atoms with Crippen LogP contribution in [0, 0.1) is 0 Å². The highest BCUT2D eigenvalue weighted by Gasteiger charge is 2.30. The quantitative estimate of drug-likeness (QED) is 0.0169. The summed E-state index contributed by atoms with van der Waals surface area (Å²) in [4.78, 5) is 73.0. The fourth-order valence-corrected chi connectivity index (χ4v) is 11.4. The van der Waals surface area contributed by atoms with Crippen molar-refractivity contribution in [3.05, 3.63) is 170 Å². The van der Waals surface area contributed by atoms with Crippen LogP contribution in [-0.2, 0) is 65.4 Å². The molecular weight excluding hydrogens is 1350 g/mol. The summed E-state index contributed by atoms with van der Waals surface area (Å²) in [5.41, 5.74) is 0. The summed E-state index contributed by atoms with van der Waals surface area (Å²) in [7, 11) is -10.00. The topological polar surface area (TPSA) is 237 Å². The normalized spacial score (nSPS) is 14.8. The minimum Gasteiger partial charge on any atom is -0.462 e. The Balaban J connectivity index is 5.46. The number of aliphatic hydroxyl groups excluding tert-OH is 1. The van der Waals surface area contributed by atoms with E-state index in [9.17, 15) is 43.2 Å². The summed E-state index contributed by atoms with van der Waals surface area (Å²) in [5.74, 6) is -2.28. The molecule has 0 aromatic rings. The minimum atomic E-state index is -5.00. The lowest BCUT2D eigenvalue weighted by molar-refractivity contribution is -0.161. The molecule has 0 radical (unpaired) electrons. The number of allylic oxidation sites excluding steroid dienone is 28. The highest BCUT2D eigenvalue weighted by atomic mass is 31.2. The molecule has 0 saturated carbocycles. The van der Waals surface area contributed by atoms with Crippen molar-refractivity contribution in [1.29, 1.82) is 0 Å². The van der Waals surface area contributed by atoms with Crippen molar-refractivity contribution in [3.8, 4) is 0 Å². The summed E-state index contributed by atoms with van der Waals surface area (Å²) < 4.78 is 68.5. The van der Waals surface area contributed by atoms with Gasteiger partial charge in [-0.1, -0.05) is 262 Å². The molecule has 19 heteroatoms. The number of phosphoric acid groups is 2. The van der Waals surface area contributed by atoms with Gasteiger partial charge in [0.15, 0.2) is 12.2 Å². The zero-order valence-electron chi connectivity index (χ0n) is 64.4. The van der Waals surface area contributed by atoms with Crippen molar-refractivity contribution < 1.29 is 80.2 Å². The Hall–Kier alpha value is -5.58. The second-order valence-electron chi connectivity index (χ2n) is 25.5. The average molecular weight is 1490 g/mol. The highest BCUT2D eigenvalue weighted by Crippen LogP contribution is 2.45. The van der Waals surface area contributed by atoms with Crippen LogP contribution < -0.4 is 0 Å². The smallest absolute Gasteiger partial charge is 0.462 e. The number of hydrogen-bond acceptors (Lipinski definition) is 15. The standard InChI is InChI=1S/C85H138O17P2/c1-5-9-13-17-21-25-29-33-37-39-43-46-50-54-58-62-66-70-83(88)96-76-81(102-85(90)72-68-64-60-56-52-48-44-40-38-34-30-26-22-18-14-10-6-2)78-100-104(93,94)98-74-79(86)73-97-103(91,92)99-77-80(101-84(89)71-67-63-59-55-51-47-42-36-32-28-24-20-16-12-8-4)75-95-82(87)69-65-61-57-53-49-45-41-35-31-27-23-19-15-11-7-3/h9-16,21-28,33-38,41-44,46,48,79-81,86H,5-8,17-20,29-32,39-40,45,47,49-78H2,1-4H3,(H,91,92)(H,93,94)/b13-9-,14-10-,15-11-,16-12-,25-21-,26-22-,27-23-,28-24-,37-33-,38-34-,41-35-,42-36-,46-43-,48-44-. The first kappa shape index (κ1) is 98.4. The third-order valence-electron chi connectivity index (χ3n) is 15.7. The van der Waals surface area contributed by atoms with Gasteiger partial charge in [-0.15, -0.1) is 0 Å². The molecule has 0 aromatic carbocycles. The maximum absolute atomic E-state index is 13.1. The molecule has 0 fully saturated rings. The van der Waals surface area contributed by atoms with E-state index in [1.807, 2.05) is 0 Å². The van der Waals surface area contributed by atoms with Gasteiger partial charge in [0, 0.05) is 25.7 Å². The van der Waals surface area contributed by atoms with E-state index in [0.29, 0.717) is 25.7 Å². The molecule has 0 saturated heterocycles. The summed E-state index contributed by atoms with van der Waals surface area (Å²) in [6, 6.07) is 0. The van der Waals surface area contributed by atoms with Crippen molar-refractivity contribution in [2.45, 2.75) is 303 Å². The van der Waals surface area contributed by atoms with Crippen LogP contribution >= 0.6 is 15.6 Å². The molecule has 0 rings (SSSR count). The van der Waals surface area contributed by atoms with E-state index >= 15 is 0 Å². The van der Waals surface area contributed by atoms with Gasteiger partial charge in [0.2, 0.25) is 0 Å². The van der Waals surface area contributed by atoms with E-state index in [1.165, 1.54) is 0 Å². The van der Waals surface area contributed by atoms with Crippen LogP contribution in [0.4, 0.5) is 0 Å². The Kier molecular flexibility index (Phi) is 71.6. The van der Waals surface area contributed by atoms with E-state index in [1.54, 1.807) is 0 Å². The van der Waals surface area contributed by atoms with Crippen molar-refractivity contribution in [3.63, 3.8) is 0 Å². The maximum Gasteiger partial charge on any atom is 0.472 e. The molecule has 104 heavy (non-hydrogen) atoms. The number of hydrogen-bond donors (Lipinski definition) is 3. The lowest BCUT2D eigenvalue weighted by Crippen LogP contribution is -2.30. The Morgan fingerprint density at radius 2 is 0.471 bits per heavy atom. The number of esters is 4. The number of aliphatic hydroxyl groups is 1. The molecule has 0 aliphatic rings. The minimum absolute atomic E-state index is 0.0544. The van der Waals surface area contributed by atoms with Gasteiger partial charge >= 0.3 is 39.5 Å². The number of phosphoric ester groups is 2. The fourth-order valence-electron chi connectivity index (χ4n) is 9.82. The average Bonchev–Trinajstić information content (AvgIpc) is 0.926. The van der Waals surface area contributed by atoms with Crippen LogP contribution in [0.15, 0.2) is 170 Å². The molecule has 0 spiro atoms. The van der Waals surface area contributed by atoms with Crippen LogP contribution in [0.5, 0.6) is 0 Å². The Morgan fingerprint density at radius 1 is 0.269 bits per heavy atom. The molecule has 5 atom stereocenters. The third-order valence-corrected chi connectivity index (χ3v) is 17.6. The van der Waals surface area contributed by atoms with Gasteiger partial charge in [0.25, 0.3) is 0 Å². The summed E-state index contributed by atoms with van der Waals surface area (Å²) in [5, 5.41) is 10.6. The second kappa shape index (κ2) is 75.6. The van der Waals surface area contributed by atoms with Gasteiger partial charge < -0.3 is 33.8 Å². The zero-order valence-corrected chi connectivity index (χ0v) is 66.2. The van der Waals surface area contributed by atoms with Crippen molar-refractivity contribution in [1.82, 2.24) is 0 Å². The first-order valence-corrected chi connectivity index (χ1v) is 42.4. The van der Waals surface area contributed by atoms with Crippen LogP contribution in [0.1, 0.15) is 285 Å². The van der Waals surface area contributed by atoms with Crippen LogP contribution in [0.2, 0.25) is 0 Å². The molecule has 5 unspecified atom stereocenters. The number of ether oxygens (including phenoxy) is 4. The third kappa shape index (κ3) is 74.7. The predicted molar refractivity (Wildman–Crippen MR) is 426 cm³/mol. The molecule has 590 valence electrons. The van der Waals surface area contributed by atoms with Crippen molar-refractivity contribution >= 4 is 39.5 Å². The van der Waals surface area contributed by atoms with Crippen LogP contribution in [-0.4, -0.2) is 96.7 Å². The van der Waals surface area contributed by atoms with E-state index in [0.717, 1.165) is 205 Å². The van der Waals surface area contributed by atoms with Crippen LogP contribution in [0.3, 0.4) is 0 Å². The summed E-state index contributed by atoms with van der Waals surface area (Å²) in [6.07, 6.45) is 89.0. The summed E-state index contributed by atoms with van der Waals surface area (Å²) in [6.45, 7) is 4.31. The monoisotopic (exact) mass is 1490 g/mol. The molecule has 0 aliphatic carbocycles. The first-order chi connectivity index (χ1) is 50.7. The molecule has 0 heterocycles. The van der Waals surface area contributed by atoms with E-state index in [-0.39, 0.29) is 25.7 Å². The second-order valence-corrected chi connectivity index (χ2v) is 28.4. The number of carbonyl (C=O) groups is 4. The molecule has 3 N–H and O–H groups in total. The van der Waals surface area contributed by atoms with Crippen molar-refractivity contribution in [2.24, 2.45) is 0 Å². The predicted octanol–water partition coefficient (Wildman–Crippen LogP) is 23.0. The van der Waals surface area contributed by atoms with Gasteiger partial charge in [-0.25, -0.2) is 9.13 Å². The van der Waals surface area contributed by atoms with E-state index in [4.69, 9.17) is 37.0 Å². The molecule has 0 aliphatic heterocycles. The number of rotatable bonds is 72. The molecule has 0 bridgehead atoms.